The number of ether oxygens (including phenoxy) is 1. The number of fused-ring (bicyclic) bond motifs is 1. The standard InChI is InChI=1S/C19H27N3O3/c1-11-13-7-5-6-8-14(13)25-17(11)12(2)20-18(24)21-15-9-10-16(23)22-19(15,3)4/h5-6,8,12-13,15H,7,9-10H2,1-4H3,(H,22,23)(H2,20,21,24)/t12-,13?,15?/m1/s1. The summed E-state index contributed by atoms with van der Waals surface area (Å²) in [7, 11) is 0. The molecular weight excluding hydrogens is 318 g/mol. The van der Waals surface area contributed by atoms with Crippen molar-refractivity contribution >= 4 is 11.9 Å². The maximum atomic E-state index is 12.4. The predicted octanol–water partition coefficient (Wildman–Crippen LogP) is 2.50. The second-order valence-electron chi connectivity index (χ2n) is 7.64. The van der Waals surface area contributed by atoms with Crippen molar-refractivity contribution in [1.82, 2.24) is 16.0 Å². The lowest BCUT2D eigenvalue weighted by molar-refractivity contribution is -0.125. The van der Waals surface area contributed by atoms with E-state index in [1.54, 1.807) is 0 Å². The van der Waals surface area contributed by atoms with Gasteiger partial charge in [0.15, 0.2) is 0 Å². The summed E-state index contributed by atoms with van der Waals surface area (Å²) in [6.07, 6.45) is 8.14. The number of amides is 3. The maximum Gasteiger partial charge on any atom is 0.315 e. The molecule has 136 valence electrons. The van der Waals surface area contributed by atoms with E-state index in [0.29, 0.717) is 18.8 Å². The molecule has 3 amide bonds. The second-order valence-corrected chi connectivity index (χ2v) is 7.64. The van der Waals surface area contributed by atoms with E-state index < -0.39 is 5.54 Å². The summed E-state index contributed by atoms with van der Waals surface area (Å²) in [5, 5.41) is 8.89. The van der Waals surface area contributed by atoms with Crippen LogP contribution >= 0.6 is 0 Å². The van der Waals surface area contributed by atoms with Gasteiger partial charge in [0.25, 0.3) is 0 Å². The summed E-state index contributed by atoms with van der Waals surface area (Å²) < 4.78 is 5.98. The summed E-state index contributed by atoms with van der Waals surface area (Å²) >= 11 is 0. The molecule has 0 saturated carbocycles. The van der Waals surface area contributed by atoms with Crippen LogP contribution < -0.4 is 16.0 Å². The van der Waals surface area contributed by atoms with Crippen molar-refractivity contribution in [2.45, 2.75) is 64.6 Å². The van der Waals surface area contributed by atoms with Crippen LogP contribution in [0.5, 0.6) is 0 Å². The Hall–Kier alpha value is -2.24. The molecule has 3 aliphatic rings. The van der Waals surface area contributed by atoms with Crippen LogP contribution in [0.1, 0.15) is 47.0 Å². The monoisotopic (exact) mass is 345 g/mol. The van der Waals surface area contributed by atoms with Gasteiger partial charge < -0.3 is 20.7 Å². The second kappa shape index (κ2) is 6.58. The molecule has 0 aromatic carbocycles. The molecular formula is C19H27N3O3. The number of allylic oxidation sites excluding steroid dienone is 4. The fourth-order valence-electron chi connectivity index (χ4n) is 3.77. The molecule has 2 unspecified atom stereocenters. The lowest BCUT2D eigenvalue weighted by Crippen LogP contribution is -2.63. The third-order valence-electron chi connectivity index (χ3n) is 5.29. The zero-order chi connectivity index (χ0) is 18.2. The Kier molecular flexibility index (Phi) is 4.62. The lowest BCUT2D eigenvalue weighted by Gasteiger charge is -2.39. The average Bonchev–Trinajstić information content (AvgIpc) is 2.87. The molecule has 0 spiro atoms. The number of piperidine rings is 1. The van der Waals surface area contributed by atoms with Crippen LogP contribution in [0.2, 0.25) is 0 Å². The third-order valence-corrected chi connectivity index (χ3v) is 5.29. The zero-order valence-electron chi connectivity index (χ0n) is 15.3. The molecule has 0 bridgehead atoms. The summed E-state index contributed by atoms with van der Waals surface area (Å²) in [5.74, 6) is 2.10. The van der Waals surface area contributed by atoms with Crippen LogP contribution in [0.3, 0.4) is 0 Å². The van der Waals surface area contributed by atoms with Crippen molar-refractivity contribution in [3.8, 4) is 0 Å². The molecule has 3 rings (SSSR count). The molecule has 25 heavy (non-hydrogen) atoms. The van der Waals surface area contributed by atoms with Crippen molar-refractivity contribution in [2.24, 2.45) is 5.92 Å². The number of nitrogens with one attached hydrogen (secondary N) is 3. The normalized spacial score (nSPS) is 28.5. The number of carbonyl (C=O) groups excluding carboxylic acids is 2. The largest absolute Gasteiger partial charge is 0.463 e. The van der Waals surface area contributed by atoms with Gasteiger partial charge in [0.1, 0.15) is 11.5 Å². The Morgan fingerprint density at radius 2 is 2.20 bits per heavy atom. The number of hydrogen-bond acceptors (Lipinski definition) is 3. The van der Waals surface area contributed by atoms with E-state index in [0.717, 1.165) is 17.9 Å². The van der Waals surface area contributed by atoms with Crippen LogP contribution in [-0.2, 0) is 9.53 Å². The molecule has 0 radical (unpaired) electrons. The average molecular weight is 345 g/mol. The Bertz CT molecular complexity index is 675. The van der Waals surface area contributed by atoms with E-state index in [2.05, 4.69) is 29.0 Å². The van der Waals surface area contributed by atoms with Crippen molar-refractivity contribution in [3.63, 3.8) is 0 Å². The van der Waals surface area contributed by atoms with Gasteiger partial charge in [-0.2, -0.15) is 0 Å². The SMILES string of the molecule is CC1=C([C@@H](C)NC(=O)NC2CCC(=O)NC2(C)C)OC2=CC=CCC21. The van der Waals surface area contributed by atoms with Gasteiger partial charge in [-0.25, -0.2) is 4.79 Å². The number of hydrogen-bond donors (Lipinski definition) is 3. The van der Waals surface area contributed by atoms with Crippen molar-refractivity contribution < 1.29 is 14.3 Å². The summed E-state index contributed by atoms with van der Waals surface area (Å²) in [5.41, 5.74) is 0.717. The first kappa shape index (κ1) is 17.6. The quantitative estimate of drug-likeness (QED) is 0.735. The molecule has 3 N–H and O–H groups in total. The number of urea groups is 1. The molecule has 0 aromatic heterocycles. The Balaban J connectivity index is 1.60. The molecule has 6 heteroatoms. The Morgan fingerprint density at radius 3 is 2.88 bits per heavy atom. The van der Waals surface area contributed by atoms with Crippen molar-refractivity contribution in [3.05, 3.63) is 35.3 Å². The van der Waals surface area contributed by atoms with Gasteiger partial charge in [-0.05, 0) is 52.2 Å². The van der Waals surface area contributed by atoms with Gasteiger partial charge in [0.05, 0.1) is 17.6 Å². The Labute approximate surface area is 148 Å². The van der Waals surface area contributed by atoms with Gasteiger partial charge in [-0.15, -0.1) is 0 Å². The fraction of sp³-hybridized carbons (Fsp3) is 0.579. The van der Waals surface area contributed by atoms with E-state index in [1.165, 1.54) is 5.57 Å². The topological polar surface area (TPSA) is 79.5 Å². The number of carbonyl (C=O) groups is 2. The molecule has 1 aliphatic carbocycles. The van der Waals surface area contributed by atoms with Gasteiger partial charge in [-0.1, -0.05) is 12.2 Å². The van der Waals surface area contributed by atoms with Crippen LogP contribution in [0.15, 0.2) is 35.3 Å². The lowest BCUT2D eigenvalue weighted by atomic mass is 9.87. The van der Waals surface area contributed by atoms with E-state index in [-0.39, 0.29) is 24.0 Å². The van der Waals surface area contributed by atoms with E-state index >= 15 is 0 Å². The first-order valence-corrected chi connectivity index (χ1v) is 8.91. The number of rotatable bonds is 3. The minimum absolute atomic E-state index is 0.0291. The summed E-state index contributed by atoms with van der Waals surface area (Å²) in [4.78, 5) is 24.0. The molecule has 6 nitrogen and oxygen atoms in total. The summed E-state index contributed by atoms with van der Waals surface area (Å²) in [6, 6.07) is -0.563. The highest BCUT2D eigenvalue weighted by Crippen LogP contribution is 2.39. The first-order chi connectivity index (χ1) is 11.8. The molecule has 2 heterocycles. The van der Waals surface area contributed by atoms with Gasteiger partial charge in [-0.3, -0.25) is 4.79 Å². The van der Waals surface area contributed by atoms with Gasteiger partial charge in [0, 0.05) is 12.3 Å². The highest BCUT2D eigenvalue weighted by Gasteiger charge is 2.37. The van der Waals surface area contributed by atoms with Gasteiger partial charge >= 0.3 is 6.03 Å². The third kappa shape index (κ3) is 3.57. The van der Waals surface area contributed by atoms with E-state index in [1.807, 2.05) is 32.9 Å². The first-order valence-electron chi connectivity index (χ1n) is 8.91. The highest BCUT2D eigenvalue weighted by atomic mass is 16.5. The predicted molar refractivity (Wildman–Crippen MR) is 95.5 cm³/mol. The summed E-state index contributed by atoms with van der Waals surface area (Å²) in [6.45, 7) is 7.85. The molecule has 1 saturated heterocycles. The van der Waals surface area contributed by atoms with Crippen LogP contribution in [0, 0.1) is 5.92 Å². The molecule has 2 aliphatic heterocycles. The van der Waals surface area contributed by atoms with E-state index in [4.69, 9.17) is 4.74 Å². The minimum atomic E-state index is -0.458. The molecule has 3 atom stereocenters. The van der Waals surface area contributed by atoms with Crippen LogP contribution in [-0.4, -0.2) is 29.6 Å². The maximum absolute atomic E-state index is 12.4. The smallest absolute Gasteiger partial charge is 0.315 e. The minimum Gasteiger partial charge on any atom is -0.463 e. The van der Waals surface area contributed by atoms with Crippen molar-refractivity contribution in [1.29, 1.82) is 0 Å². The van der Waals surface area contributed by atoms with Gasteiger partial charge in [0.2, 0.25) is 5.91 Å². The molecule has 0 aromatic rings. The van der Waals surface area contributed by atoms with Crippen molar-refractivity contribution in [2.75, 3.05) is 0 Å². The Morgan fingerprint density at radius 1 is 1.44 bits per heavy atom. The zero-order valence-corrected chi connectivity index (χ0v) is 15.3. The fourth-order valence-corrected chi connectivity index (χ4v) is 3.77. The highest BCUT2D eigenvalue weighted by molar-refractivity contribution is 5.79. The van der Waals surface area contributed by atoms with Crippen LogP contribution in [0.25, 0.3) is 0 Å². The molecule has 1 fully saturated rings. The van der Waals surface area contributed by atoms with Crippen LogP contribution in [0.4, 0.5) is 4.79 Å². The van der Waals surface area contributed by atoms with E-state index in [9.17, 15) is 9.59 Å².